The summed E-state index contributed by atoms with van der Waals surface area (Å²) in [6, 6.07) is 16.0. The molecule has 3 aromatic rings. The molecule has 1 unspecified atom stereocenters. The third-order valence-electron chi connectivity index (χ3n) is 4.43. The maximum Gasteiger partial charge on any atom is 0.255 e. The summed E-state index contributed by atoms with van der Waals surface area (Å²) < 4.78 is 3.05. The fraction of sp³-hybridized carbons (Fsp3) is 0.222. The predicted molar refractivity (Wildman–Crippen MR) is 93.4 cm³/mol. The van der Waals surface area contributed by atoms with Gasteiger partial charge in [-0.2, -0.15) is 0 Å². The number of nitrogens with zero attached hydrogens (tertiary/aromatic N) is 3. The molecule has 0 aliphatic carbocycles. The Hall–Kier alpha value is -2.14. The smallest absolute Gasteiger partial charge is 0.255 e. The summed E-state index contributed by atoms with van der Waals surface area (Å²) in [5.41, 5.74) is 2.86. The van der Waals surface area contributed by atoms with E-state index >= 15 is 0 Å². The normalized spacial score (nSPS) is 17.8. The maximum absolute atomic E-state index is 12.7. The summed E-state index contributed by atoms with van der Waals surface area (Å²) in [4.78, 5) is 19.1. The largest absolute Gasteiger partial charge is 0.336 e. The molecule has 2 heterocycles. The van der Waals surface area contributed by atoms with Gasteiger partial charge in [0.15, 0.2) is 0 Å². The Kier molecular flexibility index (Phi) is 3.65. The molecule has 0 radical (unpaired) electrons. The van der Waals surface area contributed by atoms with Gasteiger partial charge < -0.3 is 9.47 Å². The third-order valence-corrected chi connectivity index (χ3v) is 5.12. The van der Waals surface area contributed by atoms with Gasteiger partial charge in [0.25, 0.3) is 5.91 Å². The first kappa shape index (κ1) is 14.5. The summed E-state index contributed by atoms with van der Waals surface area (Å²) in [5.74, 6) is 0.0874. The average molecular weight is 370 g/mol. The molecule has 23 heavy (non-hydrogen) atoms. The Balaban J connectivity index is 1.58. The van der Waals surface area contributed by atoms with Crippen molar-refractivity contribution in [1.82, 2.24) is 14.5 Å². The monoisotopic (exact) mass is 369 g/mol. The van der Waals surface area contributed by atoms with Crippen LogP contribution in [-0.2, 0) is 0 Å². The van der Waals surface area contributed by atoms with E-state index in [9.17, 15) is 4.79 Å². The highest BCUT2D eigenvalue weighted by Gasteiger charge is 2.29. The van der Waals surface area contributed by atoms with E-state index in [0.717, 1.165) is 40.6 Å². The number of halogens is 1. The summed E-state index contributed by atoms with van der Waals surface area (Å²) in [5, 5.41) is 0. The predicted octanol–water partition coefficient (Wildman–Crippen LogP) is 3.89. The minimum absolute atomic E-state index is 0.0874. The van der Waals surface area contributed by atoms with E-state index in [1.54, 1.807) is 0 Å². The minimum Gasteiger partial charge on any atom is -0.336 e. The Bertz CT molecular complexity index is 873. The van der Waals surface area contributed by atoms with E-state index < -0.39 is 0 Å². The van der Waals surface area contributed by atoms with Gasteiger partial charge in [-0.1, -0.05) is 24.3 Å². The summed E-state index contributed by atoms with van der Waals surface area (Å²) in [7, 11) is 0. The molecular formula is C18H16BrN3O. The molecular weight excluding hydrogens is 354 g/mol. The van der Waals surface area contributed by atoms with Crippen molar-refractivity contribution in [2.75, 3.05) is 13.1 Å². The van der Waals surface area contributed by atoms with Gasteiger partial charge in [0.05, 0.1) is 29.0 Å². The number of carbonyl (C=O) groups excluding carboxylic acids is 1. The summed E-state index contributed by atoms with van der Waals surface area (Å²) in [6.07, 6.45) is 2.85. The topological polar surface area (TPSA) is 38.1 Å². The van der Waals surface area contributed by atoms with Crippen molar-refractivity contribution in [3.63, 3.8) is 0 Å². The first-order chi connectivity index (χ1) is 11.2. The molecule has 0 saturated carbocycles. The fourth-order valence-corrected chi connectivity index (χ4v) is 3.68. The molecule has 0 spiro atoms. The van der Waals surface area contributed by atoms with Gasteiger partial charge >= 0.3 is 0 Å². The molecule has 0 N–H and O–H groups in total. The van der Waals surface area contributed by atoms with Crippen molar-refractivity contribution in [3.05, 3.63) is 64.9 Å². The number of likely N-dealkylation sites (tertiary alicyclic amines) is 1. The molecule has 5 heteroatoms. The molecule has 4 nitrogen and oxygen atoms in total. The lowest BCUT2D eigenvalue weighted by Crippen LogP contribution is -2.29. The highest BCUT2D eigenvalue weighted by atomic mass is 79.9. The molecule has 1 saturated heterocycles. The number of imidazole rings is 1. The fourth-order valence-electron chi connectivity index (χ4n) is 3.23. The Morgan fingerprint density at radius 3 is 2.78 bits per heavy atom. The van der Waals surface area contributed by atoms with Crippen molar-refractivity contribution in [1.29, 1.82) is 0 Å². The van der Waals surface area contributed by atoms with E-state index in [2.05, 4.69) is 31.5 Å². The van der Waals surface area contributed by atoms with E-state index in [0.29, 0.717) is 0 Å². The Morgan fingerprint density at radius 2 is 1.91 bits per heavy atom. The second-order valence-corrected chi connectivity index (χ2v) is 6.67. The highest BCUT2D eigenvalue weighted by Crippen LogP contribution is 2.28. The average Bonchev–Trinajstić information content (AvgIpc) is 3.21. The lowest BCUT2D eigenvalue weighted by atomic mass is 10.2. The van der Waals surface area contributed by atoms with Gasteiger partial charge in [0, 0.05) is 17.6 Å². The third kappa shape index (κ3) is 2.55. The number of para-hydroxylation sites is 2. The number of amides is 1. The van der Waals surface area contributed by atoms with Crippen LogP contribution in [0, 0.1) is 0 Å². The Morgan fingerprint density at radius 1 is 1.13 bits per heavy atom. The second kappa shape index (κ2) is 5.81. The van der Waals surface area contributed by atoms with Crippen molar-refractivity contribution < 1.29 is 4.79 Å². The number of carbonyl (C=O) groups is 1. The zero-order chi connectivity index (χ0) is 15.8. The molecule has 1 aromatic heterocycles. The second-order valence-electron chi connectivity index (χ2n) is 5.81. The molecule has 4 rings (SSSR count). The van der Waals surface area contributed by atoms with Crippen LogP contribution in [0.25, 0.3) is 11.0 Å². The van der Waals surface area contributed by atoms with Crippen LogP contribution in [0.1, 0.15) is 22.8 Å². The minimum atomic E-state index is 0.0874. The van der Waals surface area contributed by atoms with Crippen molar-refractivity contribution in [3.8, 4) is 0 Å². The summed E-state index contributed by atoms with van der Waals surface area (Å²) >= 11 is 3.47. The van der Waals surface area contributed by atoms with Crippen LogP contribution in [0.4, 0.5) is 0 Å². The number of hydrogen-bond acceptors (Lipinski definition) is 2. The van der Waals surface area contributed by atoms with Crippen LogP contribution in [0.15, 0.2) is 59.3 Å². The lowest BCUT2D eigenvalue weighted by molar-refractivity contribution is 0.0787. The zero-order valence-corrected chi connectivity index (χ0v) is 14.1. The number of hydrogen-bond donors (Lipinski definition) is 0. The van der Waals surface area contributed by atoms with Crippen molar-refractivity contribution >= 4 is 32.9 Å². The van der Waals surface area contributed by atoms with Crippen LogP contribution in [-0.4, -0.2) is 33.4 Å². The first-order valence-corrected chi connectivity index (χ1v) is 8.49. The summed E-state index contributed by atoms with van der Waals surface area (Å²) in [6.45, 7) is 1.50. The van der Waals surface area contributed by atoms with Gasteiger partial charge in [-0.15, -0.1) is 0 Å². The SMILES string of the molecule is O=C(c1ccccc1Br)N1CCC(n2cnc3ccccc32)C1. The number of rotatable bonds is 2. The molecule has 1 amide bonds. The van der Waals surface area contributed by atoms with E-state index in [4.69, 9.17) is 0 Å². The maximum atomic E-state index is 12.7. The standard InChI is InChI=1S/C18H16BrN3O/c19-15-6-2-1-5-14(15)18(23)21-10-9-13(11-21)22-12-20-16-7-3-4-8-17(16)22/h1-8,12-13H,9-11H2. The molecule has 116 valence electrons. The highest BCUT2D eigenvalue weighted by molar-refractivity contribution is 9.10. The van der Waals surface area contributed by atoms with Gasteiger partial charge in [-0.05, 0) is 46.6 Å². The number of aromatic nitrogens is 2. The number of benzene rings is 2. The van der Waals surface area contributed by atoms with E-state index in [1.807, 2.05) is 53.7 Å². The van der Waals surface area contributed by atoms with Crippen LogP contribution in [0.3, 0.4) is 0 Å². The Labute approximate surface area is 142 Å². The zero-order valence-electron chi connectivity index (χ0n) is 12.5. The van der Waals surface area contributed by atoms with E-state index in [1.165, 1.54) is 0 Å². The van der Waals surface area contributed by atoms with Crippen molar-refractivity contribution in [2.45, 2.75) is 12.5 Å². The molecule has 1 atom stereocenters. The van der Waals surface area contributed by atoms with E-state index in [-0.39, 0.29) is 11.9 Å². The molecule has 1 fully saturated rings. The molecule has 1 aliphatic heterocycles. The van der Waals surface area contributed by atoms with Gasteiger partial charge in [0.2, 0.25) is 0 Å². The lowest BCUT2D eigenvalue weighted by Gasteiger charge is -2.18. The van der Waals surface area contributed by atoms with Crippen LogP contribution < -0.4 is 0 Å². The van der Waals surface area contributed by atoms with Gasteiger partial charge in [0.1, 0.15) is 0 Å². The number of fused-ring (bicyclic) bond motifs is 1. The van der Waals surface area contributed by atoms with Crippen LogP contribution in [0.2, 0.25) is 0 Å². The van der Waals surface area contributed by atoms with Crippen LogP contribution in [0.5, 0.6) is 0 Å². The van der Waals surface area contributed by atoms with Gasteiger partial charge in [-0.3, -0.25) is 4.79 Å². The van der Waals surface area contributed by atoms with Crippen LogP contribution >= 0.6 is 15.9 Å². The van der Waals surface area contributed by atoms with Gasteiger partial charge in [-0.25, -0.2) is 4.98 Å². The first-order valence-electron chi connectivity index (χ1n) is 7.69. The molecule has 2 aromatic carbocycles. The molecule has 1 aliphatic rings. The quantitative estimate of drug-likeness (QED) is 0.687. The molecule has 0 bridgehead atoms. The van der Waals surface area contributed by atoms with Crippen molar-refractivity contribution in [2.24, 2.45) is 0 Å².